The van der Waals surface area contributed by atoms with Crippen molar-refractivity contribution in [2.75, 3.05) is 49.8 Å². The molecule has 2 fully saturated rings. The number of aryl methyl sites for hydroxylation is 1. The number of ether oxygens (including phenoxy) is 1. The molecule has 2 aromatic carbocycles. The summed E-state index contributed by atoms with van der Waals surface area (Å²) in [5, 5.41) is 11.1. The lowest BCUT2D eigenvalue weighted by Crippen LogP contribution is -2.37. The summed E-state index contributed by atoms with van der Waals surface area (Å²) in [4.78, 5) is 25.8. The van der Waals surface area contributed by atoms with Crippen LogP contribution < -0.4 is 20.3 Å². The number of para-hydroxylation sites is 1. The third-order valence-electron chi connectivity index (χ3n) is 8.98. The fraction of sp³-hybridized carbons (Fsp3) is 0.333. The molecule has 3 aromatic heterocycles. The van der Waals surface area contributed by atoms with Crippen molar-refractivity contribution in [3.8, 4) is 28.1 Å². The molecular weight excluding hydrogens is 590 g/mol. The van der Waals surface area contributed by atoms with Crippen molar-refractivity contribution in [1.29, 1.82) is 0 Å². The molecule has 1 unspecified atom stereocenters. The van der Waals surface area contributed by atoms with Gasteiger partial charge in [0.15, 0.2) is 0 Å². The maximum Gasteiger partial charge on any atom is 0.247 e. The van der Waals surface area contributed by atoms with Gasteiger partial charge in [0.2, 0.25) is 11.9 Å². The molecule has 1 atom stereocenters. The number of fused-ring (bicyclic) bond motifs is 1. The van der Waals surface area contributed by atoms with Crippen molar-refractivity contribution in [1.82, 2.24) is 29.2 Å². The van der Waals surface area contributed by atoms with Crippen molar-refractivity contribution in [2.45, 2.75) is 37.8 Å². The summed E-state index contributed by atoms with van der Waals surface area (Å²) in [6.45, 7) is -0.337. The van der Waals surface area contributed by atoms with E-state index in [0.29, 0.717) is 34.3 Å². The number of rotatable bonds is 11. The van der Waals surface area contributed by atoms with Crippen LogP contribution in [-0.4, -0.2) is 75.4 Å². The van der Waals surface area contributed by atoms with E-state index >= 15 is 0 Å². The third kappa shape index (κ3) is 6.06. The lowest BCUT2D eigenvalue weighted by Gasteiger charge is -2.29. The van der Waals surface area contributed by atoms with Gasteiger partial charge in [-0.3, -0.25) is 9.48 Å². The average molecular weight is 638 g/mol. The highest BCUT2D eigenvalue weighted by Gasteiger charge is 2.28. The van der Waals surface area contributed by atoms with E-state index in [1.165, 1.54) is 24.4 Å². The normalized spacial score (nSPS) is 18.8. The largest absolute Gasteiger partial charge is 0.494 e. The predicted octanol–water partition coefficient (Wildman–Crippen LogP) is 6.24. The molecular formula is C36H41N9O2. The first kappa shape index (κ1) is 24.1. The van der Waals surface area contributed by atoms with Gasteiger partial charge in [0.1, 0.15) is 5.75 Å². The van der Waals surface area contributed by atoms with Gasteiger partial charge in [-0.05, 0) is 57.5 Å². The lowest BCUT2D eigenvalue weighted by atomic mass is 10.0. The van der Waals surface area contributed by atoms with E-state index in [1.807, 2.05) is 25.2 Å². The molecule has 11 nitrogen and oxygen atoms in total. The molecule has 0 radical (unpaired) electrons. The summed E-state index contributed by atoms with van der Waals surface area (Å²) < 4.78 is 57.9. The summed E-state index contributed by atoms with van der Waals surface area (Å²) in [5.74, 6) is -0.0370. The molecule has 2 aliphatic rings. The second-order valence-corrected chi connectivity index (χ2v) is 12.1. The Morgan fingerprint density at radius 3 is 2.77 bits per heavy atom. The maximum absolute atomic E-state index is 12.7. The van der Waals surface area contributed by atoms with Crippen molar-refractivity contribution in [2.24, 2.45) is 6.98 Å². The van der Waals surface area contributed by atoms with E-state index in [4.69, 9.17) is 17.9 Å². The standard InChI is InChI=1S/C36H41N9O2/c1-6-34(46)39-29-16-30(33(47-5)17-32(29)43(3)21-25-10-9-15-42(25)2)40-36-37-19-27(23-18-38-44(4)20-23)35(41-36)28-22-45(24-13-14-24)31-12-8-7-11-26(28)31/h6-8,11-12,16-20,22,24-25H,1,9-10,13-15,21H2,2-5H3,(H,39,46)(H,37,40,41)/i3D3,4D3. The summed E-state index contributed by atoms with van der Waals surface area (Å²) in [7, 11) is 3.45. The van der Waals surface area contributed by atoms with Crippen molar-refractivity contribution >= 4 is 39.8 Å². The van der Waals surface area contributed by atoms with Crippen LogP contribution in [0, 0.1) is 0 Å². The second-order valence-electron chi connectivity index (χ2n) is 12.1. The van der Waals surface area contributed by atoms with Gasteiger partial charge >= 0.3 is 0 Å². The van der Waals surface area contributed by atoms with Gasteiger partial charge in [0, 0.05) is 93.1 Å². The molecule has 1 saturated carbocycles. The van der Waals surface area contributed by atoms with Gasteiger partial charge in [0.25, 0.3) is 0 Å². The Labute approximate surface area is 283 Å². The molecule has 0 bridgehead atoms. The number of hydrogen-bond donors (Lipinski definition) is 2. The van der Waals surface area contributed by atoms with Crippen molar-refractivity contribution < 1.29 is 17.8 Å². The lowest BCUT2D eigenvalue weighted by molar-refractivity contribution is -0.111. The van der Waals surface area contributed by atoms with E-state index in [1.54, 1.807) is 18.3 Å². The summed E-state index contributed by atoms with van der Waals surface area (Å²) in [6, 6.07) is 11.6. The number of anilines is 4. The number of methoxy groups -OCH3 is 1. The molecule has 242 valence electrons. The fourth-order valence-corrected chi connectivity index (χ4v) is 6.35. The Morgan fingerprint density at radius 1 is 1.17 bits per heavy atom. The predicted molar refractivity (Wildman–Crippen MR) is 187 cm³/mol. The Balaban J connectivity index is 1.34. The molecule has 1 saturated heterocycles. The first-order valence-electron chi connectivity index (χ1n) is 18.7. The van der Waals surface area contributed by atoms with Crippen molar-refractivity contribution in [3.05, 3.63) is 73.8 Å². The average Bonchev–Trinajstić information content (AvgIpc) is 3.49. The Bertz CT molecular complexity index is 2170. The Morgan fingerprint density at radius 2 is 2.04 bits per heavy atom. The summed E-state index contributed by atoms with van der Waals surface area (Å²) >= 11 is 0. The SMILES string of the molecule is [2H]C([2H])([2H])N(CC1CCCN1C)c1cc(OC)c(Nc2ncc(-c3cnn(C([2H])([2H])[2H])c3)c(-c3cn(C4CC4)c4ccccc34)n2)cc1NC(=O)C=C. The number of aromatic nitrogens is 5. The van der Waals surface area contributed by atoms with Crippen LogP contribution in [0.15, 0.2) is 73.8 Å². The number of nitrogens with one attached hydrogen (secondary N) is 2. The topological polar surface area (TPSA) is 105 Å². The van der Waals surface area contributed by atoms with E-state index in [2.05, 4.69) is 49.0 Å². The zero-order valence-corrected chi connectivity index (χ0v) is 26.4. The molecule has 1 aliphatic carbocycles. The number of hydrogen-bond acceptors (Lipinski definition) is 8. The monoisotopic (exact) mass is 637 g/mol. The van der Waals surface area contributed by atoms with E-state index in [-0.39, 0.29) is 29.9 Å². The second kappa shape index (κ2) is 12.6. The summed E-state index contributed by atoms with van der Waals surface area (Å²) in [6.07, 6.45) is 11.7. The minimum absolute atomic E-state index is 0.00486. The number of nitrogens with zero attached hydrogens (tertiary/aromatic N) is 7. The van der Waals surface area contributed by atoms with Crippen LogP contribution >= 0.6 is 0 Å². The van der Waals surface area contributed by atoms with Crippen LogP contribution in [0.25, 0.3) is 33.3 Å². The van der Waals surface area contributed by atoms with Gasteiger partial charge in [-0.2, -0.15) is 5.10 Å². The van der Waals surface area contributed by atoms with Crippen LogP contribution in [0.4, 0.5) is 23.0 Å². The minimum atomic E-state index is -2.53. The highest BCUT2D eigenvalue weighted by Crippen LogP contribution is 2.43. The zero-order valence-electron chi connectivity index (χ0n) is 32.4. The molecule has 1 amide bonds. The van der Waals surface area contributed by atoms with Crippen LogP contribution in [0.3, 0.4) is 0 Å². The molecule has 7 rings (SSSR count). The highest BCUT2D eigenvalue weighted by atomic mass is 16.5. The van der Waals surface area contributed by atoms with E-state index < -0.39 is 19.9 Å². The van der Waals surface area contributed by atoms with Gasteiger partial charge < -0.3 is 29.7 Å². The molecule has 47 heavy (non-hydrogen) atoms. The smallest absolute Gasteiger partial charge is 0.247 e. The molecule has 2 N–H and O–H groups in total. The molecule has 0 spiro atoms. The van der Waals surface area contributed by atoms with Gasteiger partial charge in [-0.1, -0.05) is 24.8 Å². The minimum Gasteiger partial charge on any atom is -0.494 e. The first-order chi connectivity index (χ1) is 25.2. The number of likely N-dealkylation sites (N-methyl/N-ethyl adjacent to an activating group) is 2. The van der Waals surface area contributed by atoms with Gasteiger partial charge in [-0.15, -0.1) is 0 Å². The molecule has 11 heteroatoms. The van der Waals surface area contributed by atoms with Crippen LogP contribution in [0.1, 0.15) is 39.9 Å². The number of amides is 1. The quantitative estimate of drug-likeness (QED) is 0.164. The zero-order chi connectivity index (χ0) is 37.7. The van der Waals surface area contributed by atoms with E-state index in [0.717, 1.165) is 59.5 Å². The molecule has 1 aliphatic heterocycles. The molecule has 4 heterocycles. The van der Waals surface area contributed by atoms with E-state index in [9.17, 15) is 4.79 Å². The Hall–Kier alpha value is -5.16. The third-order valence-corrected chi connectivity index (χ3v) is 8.98. The fourth-order valence-electron chi connectivity index (χ4n) is 6.35. The van der Waals surface area contributed by atoms with Crippen LogP contribution in [0.2, 0.25) is 0 Å². The number of carbonyl (C=O) groups excluding carboxylic acids is 1. The number of benzene rings is 2. The van der Waals surface area contributed by atoms with Gasteiger partial charge in [-0.25, -0.2) is 9.97 Å². The molecule has 5 aromatic rings. The Kier molecular flexibility index (Phi) is 6.43. The highest BCUT2D eigenvalue weighted by molar-refractivity contribution is 6.02. The van der Waals surface area contributed by atoms with Crippen LogP contribution in [0.5, 0.6) is 5.75 Å². The number of likely N-dealkylation sites (tertiary alicyclic amines) is 1. The van der Waals surface area contributed by atoms with Crippen molar-refractivity contribution in [3.63, 3.8) is 0 Å². The number of carbonyl (C=O) groups is 1. The first-order valence-corrected chi connectivity index (χ1v) is 15.7. The maximum atomic E-state index is 12.7. The summed E-state index contributed by atoms with van der Waals surface area (Å²) in [5.41, 5.74) is 4.42. The van der Waals surface area contributed by atoms with Gasteiger partial charge in [0.05, 0.1) is 36.1 Å². The van der Waals surface area contributed by atoms with Crippen LogP contribution in [-0.2, 0) is 11.8 Å².